The van der Waals surface area contributed by atoms with Crippen molar-refractivity contribution >= 4 is 0 Å². The summed E-state index contributed by atoms with van der Waals surface area (Å²) in [7, 11) is 3.70. The Hall–Kier alpha value is -0.820. The molecule has 1 rings (SSSR count). The Labute approximate surface area is 68.4 Å². The lowest BCUT2D eigenvalue weighted by molar-refractivity contribution is -0.612. The Morgan fingerprint density at radius 2 is 1.73 bits per heavy atom. The van der Waals surface area contributed by atoms with E-state index in [2.05, 4.69) is 38.2 Å². The van der Waals surface area contributed by atoms with Crippen molar-refractivity contribution in [3.05, 3.63) is 42.4 Å². The number of benzene rings is 1. The van der Waals surface area contributed by atoms with Crippen LogP contribution in [-0.4, -0.2) is 0 Å². The van der Waals surface area contributed by atoms with Gasteiger partial charge in [0.1, 0.15) is 0 Å². The molecule has 0 saturated heterocycles. The van der Waals surface area contributed by atoms with Gasteiger partial charge in [0, 0.05) is 5.56 Å². The summed E-state index contributed by atoms with van der Waals surface area (Å²) in [6.45, 7) is 3.15. The monoisotopic (exact) mass is 149 g/mol. The molecule has 60 valence electrons. The molecule has 0 aliphatic rings. The summed E-state index contributed by atoms with van der Waals surface area (Å²) >= 11 is 0. The summed E-state index contributed by atoms with van der Waals surface area (Å²) in [5.74, 6) is 0. The largest absolute Gasteiger partial charge is 0.475 e. The van der Waals surface area contributed by atoms with Crippen molar-refractivity contribution < 1.29 is 5.32 Å². The van der Waals surface area contributed by atoms with Gasteiger partial charge in [0.05, 0.1) is 6.54 Å². The molecule has 0 fully saturated rings. The van der Waals surface area contributed by atoms with E-state index in [9.17, 15) is 0 Å². The zero-order chi connectivity index (χ0) is 8.10. The van der Waals surface area contributed by atoms with Crippen LogP contribution in [0, 0.1) is 7.05 Å². The van der Waals surface area contributed by atoms with Gasteiger partial charge in [0.15, 0.2) is 0 Å². The predicted octanol–water partition coefficient (Wildman–Crippen LogP) is 1.10. The second kappa shape index (κ2) is 4.14. The number of nitrogens with two attached hydrogens (primary N) is 1. The molecule has 1 heteroatoms. The number of hydrogen-bond acceptors (Lipinski definition) is 0. The Morgan fingerprint density at radius 1 is 1.18 bits per heavy atom. The van der Waals surface area contributed by atoms with Gasteiger partial charge in [-0.05, 0) is 12.0 Å². The molecule has 0 aliphatic carbocycles. The summed E-state index contributed by atoms with van der Waals surface area (Å²) in [6.07, 6.45) is 1.12. The molecule has 1 aromatic carbocycles. The van der Waals surface area contributed by atoms with Crippen molar-refractivity contribution in [2.24, 2.45) is 0 Å². The van der Waals surface area contributed by atoms with E-state index in [0.29, 0.717) is 0 Å². The summed E-state index contributed by atoms with van der Waals surface area (Å²) in [5, 5.41) is 1.93. The molecule has 11 heavy (non-hydrogen) atoms. The van der Waals surface area contributed by atoms with Gasteiger partial charge in [0.2, 0.25) is 0 Å². The minimum absolute atomic E-state index is 0.976. The van der Waals surface area contributed by atoms with Crippen LogP contribution in [0.2, 0.25) is 0 Å². The molecular weight excluding hydrogens is 134 g/mol. The van der Waals surface area contributed by atoms with Gasteiger partial charge in [-0.3, -0.25) is 0 Å². The van der Waals surface area contributed by atoms with Crippen molar-refractivity contribution in [1.82, 2.24) is 0 Å². The fourth-order valence-corrected chi connectivity index (χ4v) is 1.08. The molecule has 0 spiro atoms. The van der Waals surface area contributed by atoms with Crippen molar-refractivity contribution in [2.75, 3.05) is 0 Å². The number of quaternary nitrogens is 1. The first kappa shape index (κ1) is 8.28. The fourth-order valence-electron chi connectivity index (χ4n) is 1.08. The smallest absolute Gasteiger partial charge is 0.0773 e. The third kappa shape index (κ3) is 2.35. The van der Waals surface area contributed by atoms with Gasteiger partial charge < -0.3 is 5.32 Å². The maximum Gasteiger partial charge on any atom is 0.0773 e. The third-order valence-corrected chi connectivity index (χ3v) is 1.81. The first-order valence-electron chi connectivity index (χ1n) is 4.05. The van der Waals surface area contributed by atoms with E-state index in [0.717, 1.165) is 13.0 Å². The van der Waals surface area contributed by atoms with Crippen LogP contribution in [0.5, 0.6) is 0 Å². The summed E-state index contributed by atoms with van der Waals surface area (Å²) in [6, 6.07) is 8.69. The zero-order valence-corrected chi connectivity index (χ0v) is 7.01. The van der Waals surface area contributed by atoms with Crippen LogP contribution in [0.4, 0.5) is 0 Å². The lowest BCUT2D eigenvalue weighted by Crippen LogP contribution is -2.74. The average molecular weight is 149 g/mol. The minimum atomic E-state index is 0.976. The van der Waals surface area contributed by atoms with E-state index < -0.39 is 0 Å². The number of rotatable bonds is 3. The van der Waals surface area contributed by atoms with Crippen LogP contribution in [0.15, 0.2) is 24.3 Å². The Balaban J connectivity index is 2.66. The number of aryl methyl sites for hydroxylation is 1. The highest BCUT2D eigenvalue weighted by molar-refractivity contribution is 5.21. The van der Waals surface area contributed by atoms with E-state index in [1.807, 2.05) is 5.32 Å². The van der Waals surface area contributed by atoms with Gasteiger partial charge >= 0.3 is 0 Å². The standard InChI is InChI=1S/C10H15N/c1-3-9-4-6-10(7-5-9)8-11-2/h4-7H,2-3,8,11H2,1H3. The zero-order valence-electron chi connectivity index (χ0n) is 7.01. The molecule has 2 N–H and O–H groups in total. The molecule has 0 bridgehead atoms. The normalized spacial score (nSPS) is 10.0. The van der Waals surface area contributed by atoms with Crippen LogP contribution >= 0.6 is 0 Å². The molecule has 0 amide bonds. The molecule has 0 aromatic heterocycles. The fraction of sp³-hybridized carbons (Fsp3) is 0.300. The molecule has 0 aliphatic heterocycles. The van der Waals surface area contributed by atoms with Crippen molar-refractivity contribution in [1.29, 1.82) is 0 Å². The Morgan fingerprint density at radius 3 is 2.18 bits per heavy atom. The quantitative estimate of drug-likeness (QED) is 0.620. The topological polar surface area (TPSA) is 16.6 Å². The molecule has 1 nitrogen and oxygen atoms in total. The van der Waals surface area contributed by atoms with Gasteiger partial charge in [0.25, 0.3) is 0 Å². The van der Waals surface area contributed by atoms with E-state index in [-0.39, 0.29) is 0 Å². The van der Waals surface area contributed by atoms with Crippen molar-refractivity contribution in [3.8, 4) is 0 Å². The number of hydrogen-bond donors (Lipinski definition) is 1. The second-order valence-electron chi connectivity index (χ2n) is 2.66. The highest BCUT2D eigenvalue weighted by Crippen LogP contribution is 2.03. The van der Waals surface area contributed by atoms with Gasteiger partial charge in [-0.25, -0.2) is 0 Å². The molecule has 0 atom stereocenters. The second-order valence-corrected chi connectivity index (χ2v) is 2.66. The minimum Gasteiger partial charge on any atom is -0.475 e. The van der Waals surface area contributed by atoms with Crippen LogP contribution in [0.1, 0.15) is 18.1 Å². The highest BCUT2D eigenvalue weighted by atomic mass is 14.8. The molecule has 0 radical (unpaired) electrons. The van der Waals surface area contributed by atoms with E-state index in [1.165, 1.54) is 11.1 Å². The van der Waals surface area contributed by atoms with Crippen molar-refractivity contribution in [3.63, 3.8) is 0 Å². The summed E-state index contributed by atoms with van der Waals surface area (Å²) in [4.78, 5) is 0. The Bertz CT molecular complexity index is 201. The van der Waals surface area contributed by atoms with Crippen LogP contribution in [0.3, 0.4) is 0 Å². The summed E-state index contributed by atoms with van der Waals surface area (Å²) < 4.78 is 0. The van der Waals surface area contributed by atoms with Crippen LogP contribution < -0.4 is 5.32 Å². The molecule has 0 heterocycles. The van der Waals surface area contributed by atoms with E-state index >= 15 is 0 Å². The molecule has 1 aromatic rings. The van der Waals surface area contributed by atoms with Gasteiger partial charge in [-0.15, -0.1) is 0 Å². The van der Waals surface area contributed by atoms with Crippen LogP contribution in [-0.2, 0) is 13.0 Å². The third-order valence-electron chi connectivity index (χ3n) is 1.81. The lowest BCUT2D eigenvalue weighted by atomic mass is 10.1. The summed E-state index contributed by atoms with van der Waals surface area (Å²) in [5.41, 5.74) is 2.75. The molecule has 0 unspecified atom stereocenters. The molecule has 0 saturated carbocycles. The molecular formula is C10H15N. The SMILES string of the molecule is [CH2-][NH2+]Cc1ccc(CC)cc1. The maximum atomic E-state index is 3.70. The van der Waals surface area contributed by atoms with Crippen LogP contribution in [0.25, 0.3) is 0 Å². The first-order chi connectivity index (χ1) is 5.36. The first-order valence-corrected chi connectivity index (χ1v) is 4.05. The predicted molar refractivity (Wildman–Crippen MR) is 46.8 cm³/mol. The van der Waals surface area contributed by atoms with Gasteiger partial charge in [-0.2, -0.15) is 7.05 Å². The highest BCUT2D eigenvalue weighted by Gasteiger charge is 1.90. The maximum absolute atomic E-state index is 3.70. The van der Waals surface area contributed by atoms with Gasteiger partial charge in [-0.1, -0.05) is 31.2 Å². The van der Waals surface area contributed by atoms with Crippen molar-refractivity contribution in [2.45, 2.75) is 19.9 Å². The van der Waals surface area contributed by atoms with E-state index in [4.69, 9.17) is 0 Å². The van der Waals surface area contributed by atoms with E-state index in [1.54, 1.807) is 0 Å². The average Bonchev–Trinajstić information content (AvgIpc) is 2.07. The lowest BCUT2D eigenvalue weighted by Gasteiger charge is -2.01. The Kier molecular flexibility index (Phi) is 3.12.